The predicted octanol–water partition coefficient (Wildman–Crippen LogP) is 2.25. The Kier molecular flexibility index (Phi) is 5.16. The fraction of sp³-hybridized carbons (Fsp3) is 0.385. The second kappa shape index (κ2) is 6.40. The number of carbonyl (C=O) groups is 2. The average Bonchev–Trinajstić information content (AvgIpc) is 2.29. The molecule has 98 valence electrons. The SMILES string of the molecule is COc1cc(C)c(Cl)cc1CNC(=O)CC(C)=O. The Balaban J connectivity index is 2.75. The van der Waals surface area contributed by atoms with Crippen LogP contribution in [-0.4, -0.2) is 18.8 Å². The molecule has 0 atom stereocenters. The highest BCUT2D eigenvalue weighted by Crippen LogP contribution is 2.26. The highest BCUT2D eigenvalue weighted by Gasteiger charge is 2.09. The first kappa shape index (κ1) is 14.5. The van der Waals surface area contributed by atoms with Crippen LogP contribution in [0.2, 0.25) is 5.02 Å². The van der Waals surface area contributed by atoms with Gasteiger partial charge in [-0.15, -0.1) is 0 Å². The number of carbonyl (C=O) groups excluding carboxylic acids is 2. The van der Waals surface area contributed by atoms with Crippen molar-refractivity contribution in [2.75, 3.05) is 7.11 Å². The summed E-state index contributed by atoms with van der Waals surface area (Å²) in [6, 6.07) is 3.57. The number of hydrogen-bond donors (Lipinski definition) is 1. The number of hydrogen-bond acceptors (Lipinski definition) is 3. The summed E-state index contributed by atoms with van der Waals surface area (Å²) in [6.45, 7) is 3.54. The second-order valence-electron chi connectivity index (χ2n) is 4.07. The number of ether oxygens (including phenoxy) is 1. The van der Waals surface area contributed by atoms with Crippen LogP contribution in [0.1, 0.15) is 24.5 Å². The molecule has 0 spiro atoms. The van der Waals surface area contributed by atoms with Crippen molar-refractivity contribution in [3.05, 3.63) is 28.3 Å². The molecule has 0 fully saturated rings. The van der Waals surface area contributed by atoms with E-state index in [1.807, 2.05) is 13.0 Å². The van der Waals surface area contributed by atoms with E-state index in [2.05, 4.69) is 5.32 Å². The Bertz CT molecular complexity index is 472. The van der Waals surface area contributed by atoms with Crippen molar-refractivity contribution in [3.8, 4) is 5.75 Å². The molecule has 0 heterocycles. The average molecular weight is 270 g/mol. The third kappa shape index (κ3) is 4.04. The maximum absolute atomic E-state index is 11.4. The number of rotatable bonds is 5. The summed E-state index contributed by atoms with van der Waals surface area (Å²) in [5, 5.41) is 3.27. The van der Waals surface area contributed by atoms with E-state index in [-0.39, 0.29) is 24.7 Å². The normalized spacial score (nSPS) is 10.0. The molecule has 0 radical (unpaired) electrons. The lowest BCUT2D eigenvalue weighted by Gasteiger charge is -2.11. The van der Waals surface area contributed by atoms with Gasteiger partial charge in [-0.25, -0.2) is 0 Å². The maximum Gasteiger partial charge on any atom is 0.227 e. The van der Waals surface area contributed by atoms with E-state index in [1.165, 1.54) is 6.92 Å². The summed E-state index contributed by atoms with van der Waals surface area (Å²) in [5.41, 5.74) is 1.69. The van der Waals surface area contributed by atoms with Gasteiger partial charge in [0.05, 0.1) is 13.5 Å². The van der Waals surface area contributed by atoms with Gasteiger partial charge in [-0.2, -0.15) is 0 Å². The van der Waals surface area contributed by atoms with Crippen LogP contribution in [0.3, 0.4) is 0 Å². The molecular formula is C13H16ClNO3. The van der Waals surface area contributed by atoms with Crippen LogP contribution < -0.4 is 10.1 Å². The minimum atomic E-state index is -0.304. The number of Topliss-reactive ketones (excluding diaryl/α,β-unsaturated/α-hetero) is 1. The van der Waals surface area contributed by atoms with Crippen LogP contribution in [0.25, 0.3) is 0 Å². The first-order chi connectivity index (χ1) is 8.43. The molecule has 0 bridgehead atoms. The van der Waals surface area contributed by atoms with Gasteiger partial charge in [0.1, 0.15) is 11.5 Å². The van der Waals surface area contributed by atoms with E-state index in [9.17, 15) is 9.59 Å². The minimum Gasteiger partial charge on any atom is -0.496 e. The number of amides is 1. The third-order valence-electron chi connectivity index (χ3n) is 2.45. The molecule has 0 aromatic heterocycles. The van der Waals surface area contributed by atoms with E-state index in [4.69, 9.17) is 16.3 Å². The molecular weight excluding hydrogens is 254 g/mol. The molecule has 18 heavy (non-hydrogen) atoms. The topological polar surface area (TPSA) is 55.4 Å². The van der Waals surface area contributed by atoms with Crippen LogP contribution in [0, 0.1) is 6.92 Å². The Morgan fingerprint density at radius 3 is 2.61 bits per heavy atom. The van der Waals surface area contributed by atoms with Crippen LogP contribution in [-0.2, 0) is 16.1 Å². The molecule has 1 rings (SSSR count). The van der Waals surface area contributed by atoms with Gasteiger partial charge in [-0.05, 0) is 31.5 Å². The van der Waals surface area contributed by atoms with Crippen molar-refractivity contribution in [1.29, 1.82) is 0 Å². The summed E-state index contributed by atoms with van der Waals surface area (Å²) < 4.78 is 5.22. The van der Waals surface area contributed by atoms with Crippen LogP contribution in [0.5, 0.6) is 5.75 Å². The molecule has 0 aliphatic heterocycles. The molecule has 0 saturated carbocycles. The first-order valence-corrected chi connectivity index (χ1v) is 5.91. The third-order valence-corrected chi connectivity index (χ3v) is 2.85. The van der Waals surface area contributed by atoms with E-state index in [0.717, 1.165) is 11.1 Å². The molecule has 1 amide bonds. The zero-order chi connectivity index (χ0) is 13.7. The number of nitrogens with one attached hydrogen (secondary N) is 1. The highest BCUT2D eigenvalue weighted by molar-refractivity contribution is 6.31. The van der Waals surface area contributed by atoms with E-state index < -0.39 is 0 Å². The van der Waals surface area contributed by atoms with Crippen LogP contribution in [0.4, 0.5) is 0 Å². The fourth-order valence-electron chi connectivity index (χ4n) is 1.51. The molecule has 1 aromatic rings. The van der Waals surface area contributed by atoms with Gasteiger partial charge in [0, 0.05) is 17.1 Å². The Morgan fingerprint density at radius 2 is 2.06 bits per heavy atom. The van der Waals surface area contributed by atoms with Gasteiger partial charge in [-0.1, -0.05) is 11.6 Å². The largest absolute Gasteiger partial charge is 0.496 e. The Labute approximate surface area is 111 Å². The smallest absolute Gasteiger partial charge is 0.227 e. The lowest BCUT2D eigenvalue weighted by Crippen LogP contribution is -2.24. The van der Waals surface area contributed by atoms with Gasteiger partial charge in [0.25, 0.3) is 0 Å². The number of aryl methyl sites for hydroxylation is 1. The molecule has 1 N–H and O–H groups in total. The summed E-state index contributed by atoms with van der Waals surface area (Å²) in [4.78, 5) is 22.2. The zero-order valence-electron chi connectivity index (χ0n) is 10.7. The number of halogens is 1. The molecule has 1 aromatic carbocycles. The molecule has 0 saturated heterocycles. The van der Waals surface area contributed by atoms with Crippen LogP contribution >= 0.6 is 11.6 Å². The molecule has 4 nitrogen and oxygen atoms in total. The lowest BCUT2D eigenvalue weighted by atomic mass is 10.1. The van der Waals surface area contributed by atoms with E-state index in [0.29, 0.717) is 10.8 Å². The quantitative estimate of drug-likeness (QED) is 0.834. The van der Waals surface area contributed by atoms with Crippen LogP contribution in [0.15, 0.2) is 12.1 Å². The minimum absolute atomic E-state index is 0.109. The predicted molar refractivity (Wildman–Crippen MR) is 69.9 cm³/mol. The molecule has 0 aliphatic carbocycles. The van der Waals surface area contributed by atoms with Gasteiger partial charge >= 0.3 is 0 Å². The van der Waals surface area contributed by atoms with Crippen molar-refractivity contribution < 1.29 is 14.3 Å². The van der Waals surface area contributed by atoms with Crippen molar-refractivity contribution in [2.45, 2.75) is 26.8 Å². The van der Waals surface area contributed by atoms with Crippen molar-refractivity contribution in [1.82, 2.24) is 5.32 Å². The zero-order valence-corrected chi connectivity index (χ0v) is 11.4. The van der Waals surface area contributed by atoms with Gasteiger partial charge < -0.3 is 10.1 Å². The number of ketones is 1. The van der Waals surface area contributed by atoms with Crippen molar-refractivity contribution in [3.63, 3.8) is 0 Å². The fourth-order valence-corrected chi connectivity index (χ4v) is 1.69. The molecule has 5 heteroatoms. The maximum atomic E-state index is 11.4. The summed E-state index contributed by atoms with van der Waals surface area (Å²) >= 11 is 6.02. The monoisotopic (exact) mass is 269 g/mol. The standard InChI is InChI=1S/C13H16ClNO3/c1-8-4-12(18-3)10(6-11(8)14)7-15-13(17)5-9(2)16/h4,6H,5,7H2,1-3H3,(H,15,17). The second-order valence-corrected chi connectivity index (χ2v) is 4.48. The molecule has 0 unspecified atom stereocenters. The van der Waals surface area contributed by atoms with E-state index >= 15 is 0 Å². The number of methoxy groups -OCH3 is 1. The number of benzene rings is 1. The van der Waals surface area contributed by atoms with Gasteiger partial charge in [0.2, 0.25) is 5.91 Å². The molecule has 0 aliphatic rings. The van der Waals surface area contributed by atoms with Crippen molar-refractivity contribution in [2.24, 2.45) is 0 Å². The first-order valence-electron chi connectivity index (χ1n) is 5.53. The summed E-state index contributed by atoms with van der Waals surface area (Å²) in [7, 11) is 1.56. The van der Waals surface area contributed by atoms with Gasteiger partial charge in [0.15, 0.2) is 0 Å². The van der Waals surface area contributed by atoms with E-state index in [1.54, 1.807) is 13.2 Å². The summed E-state index contributed by atoms with van der Waals surface area (Å²) in [6.07, 6.45) is -0.109. The summed E-state index contributed by atoms with van der Waals surface area (Å²) in [5.74, 6) is 0.197. The Hall–Kier alpha value is -1.55. The van der Waals surface area contributed by atoms with Gasteiger partial charge in [-0.3, -0.25) is 9.59 Å². The Morgan fingerprint density at radius 1 is 1.39 bits per heavy atom. The van der Waals surface area contributed by atoms with Crippen molar-refractivity contribution >= 4 is 23.3 Å². The lowest BCUT2D eigenvalue weighted by molar-refractivity contribution is -0.127. The highest BCUT2D eigenvalue weighted by atomic mass is 35.5.